The van der Waals surface area contributed by atoms with E-state index in [0.29, 0.717) is 18.8 Å². The quantitative estimate of drug-likeness (QED) is 0.149. The van der Waals surface area contributed by atoms with E-state index in [1.165, 1.54) is 27.2 Å². The van der Waals surface area contributed by atoms with Crippen molar-refractivity contribution in [3.63, 3.8) is 0 Å². The number of ketones is 1. The van der Waals surface area contributed by atoms with Gasteiger partial charge in [0.05, 0.1) is 41.2 Å². The number of allylic oxidation sites excluding steroid dienone is 2. The highest BCUT2D eigenvalue weighted by Gasteiger charge is 2.49. The molecule has 0 saturated heterocycles. The summed E-state index contributed by atoms with van der Waals surface area (Å²) in [6, 6.07) is 1.61. The molecule has 0 spiro atoms. The molecule has 56 heavy (non-hydrogen) atoms. The van der Waals surface area contributed by atoms with Gasteiger partial charge in [-0.05, 0) is 38.8 Å². The average Bonchev–Trinajstić information content (AvgIpc) is 3.42. The number of hydrogen-bond acceptors (Lipinski definition) is 12. The number of benzene rings is 2. The first-order valence-electron chi connectivity index (χ1n) is 19.5. The number of esters is 1. The maximum absolute atomic E-state index is 14.6. The lowest BCUT2D eigenvalue weighted by molar-refractivity contribution is -0.160. The zero-order valence-electron chi connectivity index (χ0n) is 34.5. The molecular weight excluding hydrogens is 720 g/mol. The zero-order chi connectivity index (χ0) is 41.8. The Morgan fingerprint density at radius 3 is 2.18 bits per heavy atom. The summed E-state index contributed by atoms with van der Waals surface area (Å²) < 4.78 is 23.9. The van der Waals surface area contributed by atoms with Gasteiger partial charge in [-0.1, -0.05) is 59.8 Å². The number of rotatable bonds is 7. The first-order chi connectivity index (χ1) is 26.3. The molecule has 0 unspecified atom stereocenters. The lowest BCUT2D eigenvalue weighted by Gasteiger charge is -2.38. The Bertz CT molecular complexity index is 1880. The number of methoxy groups -OCH3 is 1. The van der Waals surface area contributed by atoms with Crippen molar-refractivity contribution in [3.8, 4) is 17.2 Å². The van der Waals surface area contributed by atoms with Crippen LogP contribution in [0.2, 0.25) is 0 Å². The van der Waals surface area contributed by atoms with Crippen LogP contribution in [0, 0.1) is 30.6 Å². The van der Waals surface area contributed by atoms with Crippen LogP contribution in [0.25, 0.3) is 10.8 Å². The molecule has 9 atom stereocenters. The molecule has 2 aromatic rings. The number of fused-ring (bicyclic) bond motifs is 14. The Hall–Kier alpha value is -4.59. The molecule has 0 aliphatic carbocycles. The van der Waals surface area contributed by atoms with Gasteiger partial charge in [-0.25, -0.2) is 0 Å². The molecule has 3 aliphatic rings. The summed E-state index contributed by atoms with van der Waals surface area (Å²) in [6.45, 7) is 18.1. The van der Waals surface area contributed by atoms with Crippen LogP contribution < -0.4 is 15.0 Å². The van der Waals surface area contributed by atoms with Crippen molar-refractivity contribution in [2.75, 3.05) is 30.4 Å². The Kier molecular flexibility index (Phi) is 14.3. The Balaban J connectivity index is 1.98. The van der Waals surface area contributed by atoms with E-state index in [4.69, 9.17) is 18.9 Å². The SMILES string of the molecule is CCCN(CCC)c1cc2c(O)c3c(O)c(C)c4c(c13)C(=O)[C@@](C)(O/C=C/[C@H](OC)[C@@H](C)[C@@H](OC(C)=O)[C@H](C)[C@H](O)[C@H](C)[C@@H](O)[C@@H](C)/C=C/C=C(/C)C(=O)N2)O4. The van der Waals surface area contributed by atoms with Crippen LogP contribution >= 0.6 is 0 Å². The highest BCUT2D eigenvalue weighted by atomic mass is 16.7. The number of aliphatic hydroxyl groups excluding tert-OH is 2. The van der Waals surface area contributed by atoms with E-state index in [2.05, 4.69) is 5.32 Å². The van der Waals surface area contributed by atoms with Gasteiger partial charge in [0.2, 0.25) is 0 Å². The number of carbonyl (C=O) groups is 3. The highest BCUT2D eigenvalue weighted by Crippen LogP contribution is 2.54. The minimum Gasteiger partial charge on any atom is -0.507 e. The van der Waals surface area contributed by atoms with Gasteiger partial charge in [-0.2, -0.15) is 0 Å². The second-order valence-electron chi connectivity index (χ2n) is 15.4. The summed E-state index contributed by atoms with van der Waals surface area (Å²) in [5, 5.41) is 49.3. The molecule has 308 valence electrons. The maximum atomic E-state index is 14.6. The summed E-state index contributed by atoms with van der Waals surface area (Å²) >= 11 is 0. The lowest BCUT2D eigenvalue weighted by atomic mass is 9.78. The van der Waals surface area contributed by atoms with Crippen LogP contribution in [-0.2, 0) is 23.8 Å². The molecule has 1 amide bonds. The first-order valence-corrected chi connectivity index (χ1v) is 19.5. The number of nitrogens with zero attached hydrogens (tertiary/aromatic N) is 1. The zero-order valence-corrected chi connectivity index (χ0v) is 34.5. The van der Waals surface area contributed by atoms with Gasteiger partial charge in [0, 0.05) is 79.9 Å². The van der Waals surface area contributed by atoms with Gasteiger partial charge >= 0.3 is 11.8 Å². The summed E-state index contributed by atoms with van der Waals surface area (Å²) in [7, 11) is 1.47. The second-order valence-corrected chi connectivity index (χ2v) is 15.4. The van der Waals surface area contributed by atoms with E-state index in [9.17, 15) is 34.8 Å². The number of anilines is 2. The molecule has 0 radical (unpaired) electrons. The second kappa shape index (κ2) is 18.1. The topological polar surface area (TPSA) is 184 Å². The van der Waals surface area contributed by atoms with Crippen LogP contribution in [0.4, 0.5) is 11.4 Å². The molecular formula is C43H60N2O11. The van der Waals surface area contributed by atoms with E-state index in [1.54, 1.807) is 71.9 Å². The number of amides is 1. The van der Waals surface area contributed by atoms with E-state index < -0.39 is 77.3 Å². The number of ether oxygens (including phenoxy) is 4. The molecule has 3 heterocycles. The maximum Gasteiger partial charge on any atom is 0.312 e. The predicted molar refractivity (Wildman–Crippen MR) is 215 cm³/mol. The smallest absolute Gasteiger partial charge is 0.312 e. The Labute approximate surface area is 330 Å². The number of phenolic OH excluding ortho intramolecular Hbond substituents is 2. The van der Waals surface area contributed by atoms with Gasteiger partial charge in [-0.3, -0.25) is 14.4 Å². The molecule has 2 aromatic carbocycles. The molecule has 5 rings (SSSR count). The predicted octanol–water partition coefficient (Wildman–Crippen LogP) is 6.67. The van der Waals surface area contributed by atoms with Crippen molar-refractivity contribution >= 4 is 39.8 Å². The van der Waals surface area contributed by atoms with E-state index in [0.717, 1.165) is 12.8 Å². The first kappa shape index (κ1) is 44.1. The van der Waals surface area contributed by atoms with Crippen molar-refractivity contribution in [1.29, 1.82) is 0 Å². The monoisotopic (exact) mass is 780 g/mol. The fraction of sp³-hybridized carbons (Fsp3) is 0.558. The number of Topliss-reactive ketones (excluding diaryl/α,β-unsaturated/α-hetero) is 1. The van der Waals surface area contributed by atoms with Crippen molar-refractivity contribution in [2.45, 2.75) is 112 Å². The summed E-state index contributed by atoms with van der Waals surface area (Å²) in [5.74, 6) is -6.52. The third-order valence-electron chi connectivity index (χ3n) is 11.2. The fourth-order valence-electron chi connectivity index (χ4n) is 7.79. The van der Waals surface area contributed by atoms with Gasteiger partial charge < -0.3 is 49.6 Å². The van der Waals surface area contributed by atoms with Crippen molar-refractivity contribution < 1.29 is 53.8 Å². The van der Waals surface area contributed by atoms with E-state index in [1.807, 2.05) is 18.7 Å². The Morgan fingerprint density at radius 1 is 0.946 bits per heavy atom. The van der Waals surface area contributed by atoms with Crippen LogP contribution in [-0.4, -0.2) is 88.5 Å². The van der Waals surface area contributed by atoms with Crippen LogP contribution in [0.1, 0.15) is 91.1 Å². The molecule has 0 saturated carbocycles. The number of nitrogens with one attached hydrogen (secondary N) is 1. The highest BCUT2D eigenvalue weighted by molar-refractivity contribution is 6.23. The molecule has 13 heteroatoms. The van der Waals surface area contributed by atoms with Gasteiger partial charge in [0.1, 0.15) is 17.6 Å². The summed E-state index contributed by atoms with van der Waals surface area (Å²) in [5.41, 5.74) is 1.13. The molecule has 5 bridgehead atoms. The molecule has 13 nitrogen and oxygen atoms in total. The van der Waals surface area contributed by atoms with E-state index in [-0.39, 0.29) is 44.7 Å². The van der Waals surface area contributed by atoms with Crippen molar-refractivity contribution in [2.24, 2.45) is 23.7 Å². The van der Waals surface area contributed by atoms with Crippen LogP contribution in [0.3, 0.4) is 0 Å². The number of carbonyl (C=O) groups excluding carboxylic acids is 3. The largest absolute Gasteiger partial charge is 0.507 e. The third kappa shape index (κ3) is 8.69. The minimum atomic E-state index is -1.91. The molecule has 5 N–H and O–H groups in total. The molecule has 3 aliphatic heterocycles. The average molecular weight is 781 g/mol. The number of hydrogen-bond donors (Lipinski definition) is 5. The summed E-state index contributed by atoms with van der Waals surface area (Å²) in [4.78, 5) is 42.5. The van der Waals surface area contributed by atoms with Crippen LogP contribution in [0.5, 0.6) is 17.2 Å². The minimum absolute atomic E-state index is 0.0167. The van der Waals surface area contributed by atoms with E-state index >= 15 is 0 Å². The summed E-state index contributed by atoms with van der Waals surface area (Å²) in [6.07, 6.45) is 5.55. The van der Waals surface area contributed by atoms with Crippen molar-refractivity contribution in [3.05, 3.63) is 53.3 Å². The number of aliphatic hydroxyl groups is 2. The molecule has 0 aromatic heterocycles. The number of phenols is 2. The lowest BCUT2D eigenvalue weighted by Crippen LogP contribution is -2.46. The Morgan fingerprint density at radius 2 is 1.59 bits per heavy atom. The third-order valence-corrected chi connectivity index (χ3v) is 11.2. The molecule has 0 fully saturated rings. The van der Waals surface area contributed by atoms with Gasteiger partial charge in [-0.15, -0.1) is 0 Å². The standard InChI is InChI=1S/C43H60N2O11/c1-12-18-45(19-13-2)30-21-29-38(50)33-32(30)34-40(27(8)37(33)49)56-43(10,41(34)51)54-20-17-31(53-11)24(5)39(55-28(9)46)26(7)36(48)25(6)35(47)22(3)15-14-16-23(4)42(52)44-29/h14-17,20-22,24-26,31,35-36,39,47-50H,12-13,18-19H2,1-11H3,(H,44,52)/b15-14+,20-17+,23-16-/t22-,24+,25+,26+,31-,35-,36+,39+,43-/m0/s1. The van der Waals surface area contributed by atoms with Gasteiger partial charge in [0.25, 0.3) is 11.7 Å². The van der Waals surface area contributed by atoms with Crippen molar-refractivity contribution in [1.82, 2.24) is 0 Å². The van der Waals surface area contributed by atoms with Crippen LogP contribution in [0.15, 0.2) is 42.2 Å². The van der Waals surface area contributed by atoms with Gasteiger partial charge in [0.15, 0.2) is 5.75 Å². The normalized spacial score (nSPS) is 30.9. The number of aromatic hydroxyl groups is 2. The fourth-order valence-corrected chi connectivity index (χ4v) is 7.79.